The van der Waals surface area contributed by atoms with Crippen molar-refractivity contribution in [3.63, 3.8) is 0 Å². The molecule has 0 aliphatic heterocycles. The van der Waals surface area contributed by atoms with Crippen molar-refractivity contribution < 1.29 is 21.6 Å². The molecule has 0 radical (unpaired) electrons. The second-order valence-corrected chi connectivity index (χ2v) is 12.6. The van der Waals surface area contributed by atoms with Gasteiger partial charge in [-0.2, -0.15) is 5.26 Å². The highest BCUT2D eigenvalue weighted by atomic mass is 32.2. The highest BCUT2D eigenvalue weighted by molar-refractivity contribution is 7.89. The number of nitrogens with zero attached hydrogens (tertiary/aromatic N) is 3. The Morgan fingerprint density at radius 3 is 2.00 bits per heavy atom. The topological polar surface area (TPSA) is 119 Å². The average Bonchev–Trinajstić information content (AvgIpc) is 3.19. The van der Waals surface area contributed by atoms with E-state index in [2.05, 4.69) is 6.07 Å². The first-order chi connectivity index (χ1) is 14.7. The van der Waals surface area contributed by atoms with Gasteiger partial charge in [0.1, 0.15) is 0 Å². The summed E-state index contributed by atoms with van der Waals surface area (Å²) in [5, 5.41) is 9.29. The van der Waals surface area contributed by atoms with Crippen LogP contribution < -0.4 is 0 Å². The summed E-state index contributed by atoms with van der Waals surface area (Å²) in [6.07, 6.45) is 6.69. The van der Waals surface area contributed by atoms with E-state index in [1.54, 1.807) is 19.9 Å². The number of rotatable bonds is 2. The molecule has 2 aromatic heterocycles. The van der Waals surface area contributed by atoms with Gasteiger partial charge in [-0.05, 0) is 70.6 Å². The van der Waals surface area contributed by atoms with Gasteiger partial charge in [0, 0.05) is 34.8 Å². The van der Waals surface area contributed by atoms with Crippen LogP contribution in [0, 0.1) is 25.2 Å². The van der Waals surface area contributed by atoms with Crippen LogP contribution in [0.25, 0.3) is 0 Å². The highest BCUT2D eigenvalue weighted by Gasteiger charge is 2.36. The Kier molecular flexibility index (Phi) is 6.21. The lowest BCUT2D eigenvalue weighted by atomic mass is 9.75. The minimum absolute atomic E-state index is 0.0572. The van der Waals surface area contributed by atoms with Crippen LogP contribution in [0.3, 0.4) is 0 Å². The molecule has 174 valence electrons. The zero-order valence-corrected chi connectivity index (χ0v) is 20.7. The predicted molar refractivity (Wildman–Crippen MR) is 122 cm³/mol. The third-order valence-corrected chi connectivity index (χ3v) is 8.52. The fraction of sp³-hybridized carbons (Fsp3) is 0.545. The van der Waals surface area contributed by atoms with Crippen molar-refractivity contribution in [1.82, 2.24) is 7.94 Å². The Balaban J connectivity index is 0.000000182. The quantitative estimate of drug-likeness (QED) is 0.653. The van der Waals surface area contributed by atoms with Crippen molar-refractivity contribution in [2.45, 2.75) is 64.7 Å². The molecule has 2 aliphatic rings. The Bertz CT molecular complexity index is 1340. The van der Waals surface area contributed by atoms with Crippen LogP contribution in [0.4, 0.5) is 0 Å². The standard InChI is InChI=1S/C12H16N2O2S.C10H13NO3S/c1-9-7-10-11(14(9)17(3,15)16)5-4-6-12(10,2)8-13;1-7-6-8-9(4-3-5-10(8)12)11(7)15(2,13)14/h7H,4-6H2,1-3H3;6H,3-5H2,1-2H3. The summed E-state index contributed by atoms with van der Waals surface area (Å²) in [5.74, 6) is 0.0572. The molecule has 2 heterocycles. The van der Waals surface area contributed by atoms with Gasteiger partial charge in [-0.15, -0.1) is 0 Å². The normalized spacial score (nSPS) is 20.6. The Hall–Kier alpha value is -2.38. The number of ketones is 1. The van der Waals surface area contributed by atoms with E-state index < -0.39 is 25.5 Å². The lowest BCUT2D eigenvalue weighted by Crippen LogP contribution is -2.27. The number of carbonyl (C=O) groups is 1. The van der Waals surface area contributed by atoms with Gasteiger partial charge in [-0.1, -0.05) is 0 Å². The Morgan fingerprint density at radius 1 is 0.906 bits per heavy atom. The summed E-state index contributed by atoms with van der Waals surface area (Å²) in [5.41, 5.74) is 3.69. The molecule has 2 aliphatic carbocycles. The van der Waals surface area contributed by atoms with Crippen molar-refractivity contribution >= 4 is 25.8 Å². The number of hydrogen-bond acceptors (Lipinski definition) is 6. The second kappa shape index (κ2) is 8.19. The SMILES string of the molecule is Cc1cc2c(n1S(C)(=O)=O)CCCC2(C)C#N.Cc1cc2c(n1S(C)(=O)=O)CCCC2=O. The number of hydrogen-bond donors (Lipinski definition) is 0. The molecule has 0 amide bonds. The number of Topliss-reactive ketones (excluding diaryl/α,β-unsaturated/α-hetero) is 1. The van der Waals surface area contributed by atoms with E-state index in [-0.39, 0.29) is 5.78 Å². The molecule has 0 N–H and O–H groups in total. The molecule has 32 heavy (non-hydrogen) atoms. The maximum atomic E-state index is 11.8. The summed E-state index contributed by atoms with van der Waals surface area (Å²) in [4.78, 5) is 11.6. The third kappa shape index (κ3) is 4.28. The molecular weight excluding hydrogens is 450 g/mol. The van der Waals surface area contributed by atoms with Crippen molar-refractivity contribution in [1.29, 1.82) is 5.26 Å². The van der Waals surface area contributed by atoms with Crippen LogP contribution in [-0.2, 0) is 38.3 Å². The Morgan fingerprint density at radius 2 is 1.44 bits per heavy atom. The molecule has 1 unspecified atom stereocenters. The maximum Gasteiger partial charge on any atom is 0.236 e. The largest absolute Gasteiger partial charge is 0.294 e. The van der Waals surface area contributed by atoms with Crippen LogP contribution in [0.15, 0.2) is 12.1 Å². The van der Waals surface area contributed by atoms with Gasteiger partial charge in [0.25, 0.3) is 0 Å². The number of nitriles is 1. The van der Waals surface area contributed by atoms with E-state index in [0.29, 0.717) is 35.5 Å². The van der Waals surface area contributed by atoms with Gasteiger partial charge >= 0.3 is 0 Å². The minimum Gasteiger partial charge on any atom is -0.294 e. The van der Waals surface area contributed by atoms with Crippen LogP contribution in [-0.4, -0.2) is 43.1 Å². The second-order valence-electron chi connectivity index (χ2n) is 8.92. The van der Waals surface area contributed by atoms with E-state index in [4.69, 9.17) is 0 Å². The highest BCUT2D eigenvalue weighted by Crippen LogP contribution is 2.38. The summed E-state index contributed by atoms with van der Waals surface area (Å²) >= 11 is 0. The van der Waals surface area contributed by atoms with Gasteiger partial charge < -0.3 is 0 Å². The number of aromatic nitrogens is 2. The smallest absolute Gasteiger partial charge is 0.236 e. The first-order valence-electron chi connectivity index (χ1n) is 10.5. The Labute approximate surface area is 190 Å². The number of aryl methyl sites for hydroxylation is 2. The van der Waals surface area contributed by atoms with Crippen molar-refractivity contribution in [2.75, 3.05) is 12.5 Å². The first-order valence-corrected chi connectivity index (χ1v) is 14.2. The van der Waals surface area contributed by atoms with E-state index in [1.165, 1.54) is 20.5 Å². The number of fused-ring (bicyclic) bond motifs is 2. The monoisotopic (exact) mass is 479 g/mol. The molecule has 0 aromatic carbocycles. The third-order valence-electron chi connectivity index (χ3n) is 6.17. The molecular formula is C22H29N3O5S2. The molecule has 2 aromatic rings. The van der Waals surface area contributed by atoms with E-state index in [0.717, 1.165) is 36.9 Å². The van der Waals surface area contributed by atoms with Crippen molar-refractivity contribution in [2.24, 2.45) is 0 Å². The summed E-state index contributed by atoms with van der Waals surface area (Å²) in [7, 11) is -6.57. The van der Waals surface area contributed by atoms with Gasteiger partial charge in [0.15, 0.2) is 5.78 Å². The van der Waals surface area contributed by atoms with Crippen LogP contribution in [0.1, 0.15) is 71.3 Å². The molecule has 0 saturated heterocycles. The fourth-order valence-electron chi connectivity index (χ4n) is 4.87. The molecule has 0 bridgehead atoms. The maximum absolute atomic E-state index is 11.8. The lowest BCUT2D eigenvalue weighted by Gasteiger charge is -2.27. The molecule has 8 nitrogen and oxygen atoms in total. The molecule has 4 rings (SSSR count). The summed E-state index contributed by atoms with van der Waals surface area (Å²) in [6, 6.07) is 5.84. The van der Waals surface area contributed by atoms with Gasteiger partial charge in [0.2, 0.25) is 20.0 Å². The van der Waals surface area contributed by atoms with Crippen molar-refractivity contribution in [3.8, 4) is 6.07 Å². The summed E-state index contributed by atoms with van der Waals surface area (Å²) < 4.78 is 49.3. The van der Waals surface area contributed by atoms with Crippen LogP contribution >= 0.6 is 0 Å². The lowest BCUT2D eigenvalue weighted by molar-refractivity contribution is 0.0972. The van der Waals surface area contributed by atoms with Gasteiger partial charge in [0.05, 0.1) is 24.0 Å². The molecule has 10 heteroatoms. The molecule has 0 fully saturated rings. The number of carbonyl (C=O) groups excluding carboxylic acids is 1. The van der Waals surface area contributed by atoms with E-state index in [1.807, 2.05) is 13.0 Å². The summed E-state index contributed by atoms with van der Waals surface area (Å²) in [6.45, 7) is 5.38. The zero-order valence-electron chi connectivity index (χ0n) is 19.1. The molecule has 0 spiro atoms. The minimum atomic E-state index is -3.29. The molecule has 1 atom stereocenters. The van der Waals surface area contributed by atoms with E-state index in [9.17, 15) is 26.9 Å². The van der Waals surface area contributed by atoms with Gasteiger partial charge in [-0.3, -0.25) is 4.79 Å². The van der Waals surface area contributed by atoms with Crippen molar-refractivity contribution in [3.05, 3.63) is 46.0 Å². The molecule has 0 saturated carbocycles. The fourth-order valence-corrected chi connectivity index (χ4v) is 7.20. The van der Waals surface area contributed by atoms with Crippen LogP contribution in [0.5, 0.6) is 0 Å². The van der Waals surface area contributed by atoms with Gasteiger partial charge in [-0.25, -0.2) is 24.8 Å². The van der Waals surface area contributed by atoms with Crippen LogP contribution in [0.2, 0.25) is 0 Å². The predicted octanol–water partition coefficient (Wildman–Crippen LogP) is 2.85. The first kappa shape index (κ1) is 24.3. The zero-order chi connectivity index (χ0) is 24.1. The van der Waals surface area contributed by atoms with E-state index >= 15 is 0 Å². The average molecular weight is 480 g/mol.